The summed E-state index contributed by atoms with van der Waals surface area (Å²) in [4.78, 5) is 21.0. The zero-order valence-electron chi connectivity index (χ0n) is 13.5. The van der Waals surface area contributed by atoms with Crippen LogP contribution in [0, 0.1) is 5.92 Å². The first-order valence-electron chi connectivity index (χ1n) is 7.89. The van der Waals surface area contributed by atoms with Crippen LogP contribution >= 0.6 is 24.8 Å². The summed E-state index contributed by atoms with van der Waals surface area (Å²) in [6.45, 7) is 5.83. The van der Waals surface area contributed by atoms with Crippen molar-refractivity contribution in [3.63, 3.8) is 0 Å². The van der Waals surface area contributed by atoms with Crippen molar-refractivity contribution in [1.29, 1.82) is 0 Å². The Bertz CT molecular complexity index is 503. The van der Waals surface area contributed by atoms with Crippen LogP contribution in [-0.4, -0.2) is 48.0 Å². The van der Waals surface area contributed by atoms with Crippen molar-refractivity contribution in [3.8, 4) is 0 Å². The number of anilines is 1. The third kappa shape index (κ3) is 4.72. The van der Waals surface area contributed by atoms with Crippen molar-refractivity contribution in [1.82, 2.24) is 9.88 Å². The normalized spacial score (nSPS) is 21.6. The Hall–Kier alpha value is -1.04. The highest BCUT2D eigenvalue weighted by atomic mass is 35.5. The van der Waals surface area contributed by atoms with E-state index in [2.05, 4.69) is 16.8 Å². The molecular weight excluding hydrogens is 335 g/mol. The fourth-order valence-corrected chi connectivity index (χ4v) is 3.09. The molecule has 3 heterocycles. The predicted octanol–water partition coefficient (Wildman–Crippen LogP) is 2.33. The molecule has 23 heavy (non-hydrogen) atoms. The molecule has 0 spiro atoms. The van der Waals surface area contributed by atoms with E-state index in [9.17, 15) is 4.79 Å². The van der Waals surface area contributed by atoms with Gasteiger partial charge in [0.25, 0.3) is 5.91 Å². The number of halogens is 2. The van der Waals surface area contributed by atoms with E-state index in [-0.39, 0.29) is 36.8 Å². The molecule has 2 saturated heterocycles. The van der Waals surface area contributed by atoms with Crippen molar-refractivity contribution >= 4 is 36.5 Å². The Morgan fingerprint density at radius 2 is 1.87 bits per heavy atom. The SMILES string of the molecule is CC1CCN(c2ccc(C(=O)N3CC[C@@H](N)C3)cn2)CC1.Cl.Cl. The van der Waals surface area contributed by atoms with Gasteiger partial charge in [-0.2, -0.15) is 0 Å². The Kier molecular flexibility index (Phi) is 7.58. The zero-order valence-corrected chi connectivity index (χ0v) is 15.1. The molecule has 1 aromatic heterocycles. The monoisotopic (exact) mass is 360 g/mol. The lowest BCUT2D eigenvalue weighted by molar-refractivity contribution is 0.0790. The highest BCUT2D eigenvalue weighted by Crippen LogP contribution is 2.21. The largest absolute Gasteiger partial charge is 0.357 e. The number of hydrogen-bond donors (Lipinski definition) is 1. The summed E-state index contributed by atoms with van der Waals surface area (Å²) >= 11 is 0. The van der Waals surface area contributed by atoms with E-state index in [1.165, 1.54) is 12.8 Å². The quantitative estimate of drug-likeness (QED) is 0.878. The number of likely N-dealkylation sites (tertiary alicyclic amines) is 1. The van der Waals surface area contributed by atoms with Gasteiger partial charge in [0.05, 0.1) is 5.56 Å². The summed E-state index contributed by atoms with van der Waals surface area (Å²) in [6.07, 6.45) is 5.03. The second kappa shape index (κ2) is 8.71. The average Bonchev–Trinajstić information content (AvgIpc) is 2.94. The standard InChI is InChI=1S/C16H24N4O.2ClH/c1-12-4-7-19(8-5-12)15-3-2-13(10-18-15)16(21)20-9-6-14(17)11-20;;/h2-3,10,12,14H,4-9,11,17H2,1H3;2*1H/t14-;;/m1../s1. The predicted molar refractivity (Wildman–Crippen MR) is 97.8 cm³/mol. The molecule has 2 aliphatic heterocycles. The number of rotatable bonds is 2. The van der Waals surface area contributed by atoms with Gasteiger partial charge < -0.3 is 15.5 Å². The fraction of sp³-hybridized carbons (Fsp3) is 0.625. The van der Waals surface area contributed by atoms with Gasteiger partial charge in [0.2, 0.25) is 0 Å². The third-order valence-corrected chi connectivity index (χ3v) is 4.61. The van der Waals surface area contributed by atoms with Crippen molar-refractivity contribution < 1.29 is 4.79 Å². The minimum absolute atomic E-state index is 0. The molecule has 2 aliphatic rings. The maximum Gasteiger partial charge on any atom is 0.255 e. The molecule has 130 valence electrons. The molecule has 1 amide bonds. The zero-order chi connectivity index (χ0) is 14.8. The Morgan fingerprint density at radius 3 is 2.39 bits per heavy atom. The minimum atomic E-state index is 0. The van der Waals surface area contributed by atoms with Gasteiger partial charge in [-0.3, -0.25) is 4.79 Å². The van der Waals surface area contributed by atoms with Crippen LogP contribution in [0.5, 0.6) is 0 Å². The lowest BCUT2D eigenvalue weighted by Gasteiger charge is -2.31. The number of carbonyl (C=O) groups is 1. The van der Waals surface area contributed by atoms with Gasteiger partial charge in [-0.15, -0.1) is 24.8 Å². The van der Waals surface area contributed by atoms with Gasteiger partial charge in [-0.05, 0) is 37.3 Å². The highest BCUT2D eigenvalue weighted by Gasteiger charge is 2.25. The maximum absolute atomic E-state index is 12.3. The lowest BCUT2D eigenvalue weighted by Crippen LogP contribution is -2.34. The van der Waals surface area contributed by atoms with Crippen molar-refractivity contribution in [3.05, 3.63) is 23.9 Å². The Labute approximate surface area is 150 Å². The van der Waals surface area contributed by atoms with Crippen LogP contribution in [-0.2, 0) is 0 Å². The topological polar surface area (TPSA) is 62.5 Å². The number of amides is 1. The van der Waals surface area contributed by atoms with Crippen molar-refractivity contribution in [2.75, 3.05) is 31.1 Å². The smallest absolute Gasteiger partial charge is 0.255 e. The van der Waals surface area contributed by atoms with Gasteiger partial charge >= 0.3 is 0 Å². The average molecular weight is 361 g/mol. The first-order valence-corrected chi connectivity index (χ1v) is 7.89. The van der Waals surface area contributed by atoms with Gasteiger partial charge in [0.1, 0.15) is 5.82 Å². The molecule has 0 saturated carbocycles. The first kappa shape index (κ1) is 20.0. The molecule has 1 atom stereocenters. The van der Waals surface area contributed by atoms with Crippen LogP contribution in [0.4, 0.5) is 5.82 Å². The van der Waals surface area contributed by atoms with Gasteiger partial charge in [-0.25, -0.2) is 4.98 Å². The molecule has 0 bridgehead atoms. The summed E-state index contributed by atoms with van der Waals surface area (Å²) in [7, 11) is 0. The van der Waals surface area contributed by atoms with Gasteiger partial charge in [0.15, 0.2) is 0 Å². The molecule has 1 aromatic rings. The van der Waals surface area contributed by atoms with Crippen LogP contribution < -0.4 is 10.6 Å². The fourth-order valence-electron chi connectivity index (χ4n) is 3.09. The molecule has 0 unspecified atom stereocenters. The second-order valence-electron chi connectivity index (χ2n) is 6.37. The number of nitrogens with two attached hydrogens (primary N) is 1. The maximum atomic E-state index is 12.3. The number of piperidine rings is 1. The first-order chi connectivity index (χ1) is 10.1. The molecule has 3 rings (SSSR count). The lowest BCUT2D eigenvalue weighted by atomic mass is 9.99. The van der Waals surface area contributed by atoms with E-state index in [1.54, 1.807) is 6.20 Å². The molecule has 0 aromatic carbocycles. The highest BCUT2D eigenvalue weighted by molar-refractivity contribution is 5.94. The van der Waals surface area contributed by atoms with Crippen molar-refractivity contribution in [2.24, 2.45) is 11.7 Å². The third-order valence-electron chi connectivity index (χ3n) is 4.61. The second-order valence-corrected chi connectivity index (χ2v) is 6.37. The van der Waals surface area contributed by atoms with E-state index < -0.39 is 0 Å². The Morgan fingerprint density at radius 1 is 1.17 bits per heavy atom. The summed E-state index contributed by atoms with van der Waals surface area (Å²) in [5, 5.41) is 0. The Balaban J connectivity index is 0.00000132. The van der Waals surface area contributed by atoms with Crippen LogP contribution in [0.25, 0.3) is 0 Å². The number of aromatic nitrogens is 1. The molecule has 0 radical (unpaired) electrons. The molecule has 2 fully saturated rings. The summed E-state index contributed by atoms with van der Waals surface area (Å²) in [6, 6.07) is 3.99. The van der Waals surface area contributed by atoms with Crippen LogP contribution in [0.3, 0.4) is 0 Å². The summed E-state index contributed by atoms with van der Waals surface area (Å²) in [5.74, 6) is 1.84. The molecular formula is C16H26Cl2N4O. The van der Waals surface area contributed by atoms with E-state index >= 15 is 0 Å². The molecule has 7 heteroatoms. The number of pyridine rings is 1. The molecule has 0 aliphatic carbocycles. The minimum Gasteiger partial charge on any atom is -0.357 e. The number of hydrogen-bond acceptors (Lipinski definition) is 4. The molecule has 5 nitrogen and oxygen atoms in total. The number of carbonyl (C=O) groups excluding carboxylic acids is 1. The summed E-state index contributed by atoms with van der Waals surface area (Å²) in [5.41, 5.74) is 6.52. The van der Waals surface area contributed by atoms with Crippen molar-refractivity contribution in [2.45, 2.75) is 32.2 Å². The van der Waals surface area contributed by atoms with Crippen LogP contribution in [0.1, 0.15) is 36.5 Å². The van der Waals surface area contributed by atoms with E-state index in [0.29, 0.717) is 12.1 Å². The van der Waals surface area contributed by atoms with Gasteiger partial charge in [0, 0.05) is 38.4 Å². The van der Waals surface area contributed by atoms with Crippen LogP contribution in [0.2, 0.25) is 0 Å². The number of nitrogens with zero attached hydrogens (tertiary/aromatic N) is 3. The van der Waals surface area contributed by atoms with E-state index in [1.807, 2.05) is 17.0 Å². The molecule has 2 N–H and O–H groups in total. The van der Waals surface area contributed by atoms with Crippen LogP contribution in [0.15, 0.2) is 18.3 Å². The van der Waals surface area contributed by atoms with Gasteiger partial charge in [-0.1, -0.05) is 6.92 Å². The summed E-state index contributed by atoms with van der Waals surface area (Å²) < 4.78 is 0. The van der Waals surface area contributed by atoms with E-state index in [4.69, 9.17) is 5.73 Å². The van der Waals surface area contributed by atoms with E-state index in [0.717, 1.165) is 37.8 Å².